The van der Waals surface area contributed by atoms with Gasteiger partial charge in [0.1, 0.15) is 12.6 Å². The molecular weight excluding hydrogens is 498 g/mol. The number of nitrogens with one attached hydrogen (secondary N) is 3. The molecule has 9 heteroatoms. The van der Waals surface area contributed by atoms with Crippen LogP contribution in [0.2, 0.25) is 0 Å². The van der Waals surface area contributed by atoms with Gasteiger partial charge in [0.2, 0.25) is 0 Å². The third-order valence-corrected chi connectivity index (χ3v) is 7.22. The maximum atomic E-state index is 12.5. The highest BCUT2D eigenvalue weighted by Crippen LogP contribution is 2.44. The molecule has 2 aliphatic rings. The van der Waals surface area contributed by atoms with Gasteiger partial charge in [0.05, 0.1) is 5.57 Å². The number of alkyl carbamates (subject to hydrolysis) is 1. The Bertz CT molecular complexity index is 1250. The van der Waals surface area contributed by atoms with Gasteiger partial charge in [0.15, 0.2) is 11.6 Å². The average molecular weight is 534 g/mol. The molecule has 1 fully saturated rings. The quantitative estimate of drug-likeness (QED) is 0.155. The fraction of sp³-hybridized carbons (Fsp3) is 0.400. The number of carbonyl (C=O) groups excluding carboxylic acids is 3. The molecule has 0 aromatic heterocycles. The van der Waals surface area contributed by atoms with Crippen LogP contribution in [0.15, 0.2) is 59.8 Å². The van der Waals surface area contributed by atoms with Crippen LogP contribution < -0.4 is 16.2 Å². The highest BCUT2D eigenvalue weighted by Gasteiger charge is 2.36. The van der Waals surface area contributed by atoms with Crippen LogP contribution in [0.4, 0.5) is 4.79 Å². The number of benzene rings is 2. The van der Waals surface area contributed by atoms with E-state index in [-0.39, 0.29) is 41.5 Å². The van der Waals surface area contributed by atoms with Gasteiger partial charge in [0.25, 0.3) is 0 Å². The molecule has 2 aromatic carbocycles. The molecule has 4 N–H and O–H groups in total. The van der Waals surface area contributed by atoms with Crippen molar-refractivity contribution < 1.29 is 29.0 Å². The van der Waals surface area contributed by atoms with Gasteiger partial charge in [-0.1, -0.05) is 62.4 Å². The number of ether oxygens (including phenoxy) is 1. The molecule has 0 heterocycles. The number of ketones is 2. The Morgan fingerprint density at radius 2 is 1.56 bits per heavy atom. The number of hydrogen-bond acceptors (Lipinski definition) is 7. The monoisotopic (exact) mass is 533 g/mol. The van der Waals surface area contributed by atoms with Crippen LogP contribution in [-0.4, -0.2) is 47.9 Å². The summed E-state index contributed by atoms with van der Waals surface area (Å²) in [6.45, 7) is 5.91. The number of fused-ring (bicyclic) bond motifs is 3. The van der Waals surface area contributed by atoms with Crippen LogP contribution in [0.5, 0.6) is 0 Å². The van der Waals surface area contributed by atoms with Crippen molar-refractivity contribution in [1.29, 1.82) is 0 Å². The molecule has 0 radical (unpaired) electrons. The molecule has 2 aliphatic carbocycles. The van der Waals surface area contributed by atoms with Gasteiger partial charge in [-0.2, -0.15) is 0 Å². The number of aliphatic carboxylic acids is 1. The topological polar surface area (TPSA) is 134 Å². The molecular formula is C30H35N3O6. The number of allylic oxidation sites excluding steroid dienone is 2. The standard InChI is InChI=1S/C30H35N3O6/c1-18(27-25(34)15-30(2,3)16-26(27)35)33-31-14-8-13-24(28(36)37)32-29(38)39-17-23-21-11-6-4-9-19(21)20-10-5-7-12-22(20)23/h4-7,9-12,23-24,31,33H,8,13-17H2,1-3H3,(H,32,38)(H,36,37)/t24-/m1/s1. The summed E-state index contributed by atoms with van der Waals surface area (Å²) in [6, 6.07) is 14.8. The maximum absolute atomic E-state index is 12.5. The van der Waals surface area contributed by atoms with E-state index in [0.717, 1.165) is 22.3 Å². The van der Waals surface area contributed by atoms with E-state index in [0.29, 0.717) is 31.5 Å². The lowest BCUT2D eigenvalue weighted by Crippen LogP contribution is -2.42. The van der Waals surface area contributed by atoms with E-state index < -0.39 is 18.1 Å². The number of hydrazine groups is 1. The molecule has 2 aromatic rings. The second-order valence-electron chi connectivity index (χ2n) is 10.9. The summed E-state index contributed by atoms with van der Waals surface area (Å²) >= 11 is 0. The van der Waals surface area contributed by atoms with Crippen LogP contribution in [0.3, 0.4) is 0 Å². The number of carbonyl (C=O) groups is 4. The predicted octanol–water partition coefficient (Wildman–Crippen LogP) is 4.08. The zero-order valence-electron chi connectivity index (χ0n) is 22.5. The summed E-state index contributed by atoms with van der Waals surface area (Å²) in [5.74, 6) is -1.63. The van der Waals surface area contributed by atoms with Crippen molar-refractivity contribution in [1.82, 2.24) is 16.2 Å². The predicted molar refractivity (Wildman–Crippen MR) is 146 cm³/mol. The number of hydrogen-bond donors (Lipinski definition) is 4. The fourth-order valence-electron chi connectivity index (χ4n) is 5.37. The Hall–Kier alpha value is -3.98. The van der Waals surface area contributed by atoms with E-state index >= 15 is 0 Å². The number of Topliss-reactive ketones (excluding diaryl/α,β-unsaturated/α-hetero) is 2. The summed E-state index contributed by atoms with van der Waals surface area (Å²) in [5, 5.41) is 12.0. The number of amides is 1. The summed E-state index contributed by atoms with van der Waals surface area (Å²) in [7, 11) is 0. The first kappa shape index (κ1) is 28.0. The van der Waals surface area contributed by atoms with E-state index in [4.69, 9.17) is 4.74 Å². The Morgan fingerprint density at radius 1 is 1.00 bits per heavy atom. The van der Waals surface area contributed by atoms with E-state index in [1.165, 1.54) is 0 Å². The highest BCUT2D eigenvalue weighted by atomic mass is 16.5. The Morgan fingerprint density at radius 3 is 2.13 bits per heavy atom. The number of carboxylic acids is 1. The van der Waals surface area contributed by atoms with Gasteiger partial charge in [0, 0.05) is 31.0 Å². The molecule has 1 amide bonds. The minimum absolute atomic E-state index is 0.0975. The Labute approximate surface area is 228 Å². The maximum Gasteiger partial charge on any atom is 0.407 e. The van der Waals surface area contributed by atoms with E-state index in [2.05, 4.69) is 16.2 Å². The molecule has 0 bridgehead atoms. The van der Waals surface area contributed by atoms with E-state index in [1.807, 2.05) is 62.4 Å². The van der Waals surface area contributed by atoms with E-state index in [9.17, 15) is 24.3 Å². The van der Waals surface area contributed by atoms with Crippen LogP contribution in [0.25, 0.3) is 11.1 Å². The molecule has 0 aliphatic heterocycles. The lowest BCUT2D eigenvalue weighted by Gasteiger charge is -2.29. The van der Waals surface area contributed by atoms with Gasteiger partial charge in [-0.25, -0.2) is 15.0 Å². The van der Waals surface area contributed by atoms with Crippen molar-refractivity contribution in [3.8, 4) is 11.1 Å². The normalized spacial score (nSPS) is 16.7. The van der Waals surface area contributed by atoms with Crippen molar-refractivity contribution in [2.75, 3.05) is 13.2 Å². The lowest BCUT2D eigenvalue weighted by molar-refractivity contribution is -0.139. The first-order chi connectivity index (χ1) is 18.6. The first-order valence-corrected chi connectivity index (χ1v) is 13.2. The average Bonchev–Trinajstić information content (AvgIpc) is 3.19. The zero-order valence-corrected chi connectivity index (χ0v) is 22.5. The fourth-order valence-corrected chi connectivity index (χ4v) is 5.37. The minimum Gasteiger partial charge on any atom is -0.480 e. The van der Waals surface area contributed by atoms with Crippen LogP contribution in [0, 0.1) is 5.41 Å². The van der Waals surface area contributed by atoms with Crippen molar-refractivity contribution in [3.63, 3.8) is 0 Å². The van der Waals surface area contributed by atoms with Gasteiger partial charge in [-0.05, 0) is 47.4 Å². The van der Waals surface area contributed by atoms with Crippen molar-refractivity contribution in [2.45, 2.75) is 58.4 Å². The molecule has 0 saturated heterocycles. The molecule has 1 saturated carbocycles. The van der Waals surface area contributed by atoms with E-state index in [1.54, 1.807) is 6.92 Å². The molecule has 39 heavy (non-hydrogen) atoms. The van der Waals surface area contributed by atoms with Crippen LogP contribution in [0.1, 0.15) is 63.5 Å². The van der Waals surface area contributed by atoms with Crippen molar-refractivity contribution >= 4 is 23.6 Å². The SMILES string of the molecule is CC(NNCCC[C@@H](NC(=O)OCC1c2ccccc2-c2ccccc21)C(=O)O)=C1C(=O)CC(C)(C)CC1=O. The van der Waals surface area contributed by atoms with Gasteiger partial charge < -0.3 is 20.6 Å². The zero-order chi connectivity index (χ0) is 28.2. The molecule has 9 nitrogen and oxygen atoms in total. The van der Waals surface area contributed by atoms with Gasteiger partial charge >= 0.3 is 12.1 Å². The largest absolute Gasteiger partial charge is 0.480 e. The lowest BCUT2D eigenvalue weighted by atomic mass is 9.73. The second-order valence-corrected chi connectivity index (χ2v) is 10.9. The third-order valence-electron chi connectivity index (χ3n) is 7.22. The van der Waals surface area contributed by atoms with Gasteiger partial charge in [-0.15, -0.1) is 0 Å². The molecule has 1 atom stereocenters. The van der Waals surface area contributed by atoms with Crippen LogP contribution in [-0.2, 0) is 19.1 Å². The first-order valence-electron chi connectivity index (χ1n) is 13.2. The van der Waals surface area contributed by atoms with Crippen molar-refractivity contribution in [2.24, 2.45) is 5.41 Å². The third kappa shape index (κ3) is 6.54. The van der Waals surface area contributed by atoms with Crippen molar-refractivity contribution in [3.05, 3.63) is 70.9 Å². The summed E-state index contributed by atoms with van der Waals surface area (Å²) in [5.41, 5.74) is 10.5. The summed E-state index contributed by atoms with van der Waals surface area (Å²) in [4.78, 5) is 49.1. The summed E-state index contributed by atoms with van der Waals surface area (Å²) in [6.07, 6.45) is 0.415. The molecule has 0 spiro atoms. The highest BCUT2D eigenvalue weighted by molar-refractivity contribution is 6.22. The molecule has 206 valence electrons. The second kappa shape index (κ2) is 11.8. The molecule has 0 unspecified atom stereocenters. The smallest absolute Gasteiger partial charge is 0.407 e. The Balaban J connectivity index is 1.24. The number of carboxylic acid groups (broad SMARTS) is 1. The molecule has 4 rings (SSSR count). The Kier molecular flexibility index (Phi) is 8.50. The number of rotatable bonds is 10. The minimum atomic E-state index is -1.16. The van der Waals surface area contributed by atoms with Crippen LogP contribution >= 0.6 is 0 Å². The summed E-state index contributed by atoms with van der Waals surface area (Å²) < 4.78 is 5.47. The van der Waals surface area contributed by atoms with Gasteiger partial charge in [-0.3, -0.25) is 9.59 Å².